The van der Waals surface area contributed by atoms with Crippen LogP contribution in [-0.4, -0.2) is 25.2 Å². The van der Waals surface area contributed by atoms with Crippen LogP contribution in [0.5, 0.6) is 11.5 Å². The van der Waals surface area contributed by atoms with E-state index in [1.807, 2.05) is 26.2 Å². The maximum absolute atomic E-state index is 5.57. The molecule has 1 aromatic heterocycles. The molecule has 3 rings (SSSR count). The molecule has 0 saturated carbocycles. The number of hydrogen-bond donors (Lipinski definition) is 1. The van der Waals surface area contributed by atoms with Gasteiger partial charge in [-0.25, -0.2) is 0 Å². The van der Waals surface area contributed by atoms with Crippen LogP contribution in [-0.2, 0) is 6.42 Å². The van der Waals surface area contributed by atoms with E-state index in [2.05, 4.69) is 28.5 Å². The highest BCUT2D eigenvalue weighted by Gasteiger charge is 2.18. The van der Waals surface area contributed by atoms with Gasteiger partial charge in [0.2, 0.25) is 0 Å². The van der Waals surface area contributed by atoms with E-state index >= 15 is 0 Å². The van der Waals surface area contributed by atoms with Crippen molar-refractivity contribution < 1.29 is 9.47 Å². The summed E-state index contributed by atoms with van der Waals surface area (Å²) in [4.78, 5) is 4.28. The Kier molecular flexibility index (Phi) is 4.06. The van der Waals surface area contributed by atoms with Crippen molar-refractivity contribution in [2.24, 2.45) is 0 Å². The van der Waals surface area contributed by atoms with Crippen molar-refractivity contribution in [1.29, 1.82) is 0 Å². The van der Waals surface area contributed by atoms with Crippen LogP contribution < -0.4 is 14.8 Å². The fourth-order valence-corrected chi connectivity index (χ4v) is 2.75. The van der Waals surface area contributed by atoms with Gasteiger partial charge in [0.15, 0.2) is 0 Å². The Morgan fingerprint density at radius 2 is 2.19 bits per heavy atom. The normalized spacial score (nSPS) is 14.4. The zero-order valence-corrected chi connectivity index (χ0v) is 12.4. The second kappa shape index (κ2) is 6.14. The monoisotopic (exact) mass is 284 g/mol. The Bertz CT molecular complexity index is 628. The summed E-state index contributed by atoms with van der Waals surface area (Å²) >= 11 is 0. The number of fused-ring (bicyclic) bond motifs is 1. The van der Waals surface area contributed by atoms with E-state index in [1.54, 1.807) is 6.20 Å². The number of nitrogens with zero attached hydrogens (tertiary/aromatic N) is 1. The Morgan fingerprint density at radius 1 is 1.29 bits per heavy atom. The molecule has 1 aliphatic heterocycles. The molecule has 1 aromatic carbocycles. The average Bonchev–Trinajstić information content (AvgIpc) is 2.96. The van der Waals surface area contributed by atoms with E-state index in [-0.39, 0.29) is 6.04 Å². The van der Waals surface area contributed by atoms with Crippen molar-refractivity contribution in [3.8, 4) is 11.5 Å². The summed E-state index contributed by atoms with van der Waals surface area (Å²) in [6, 6.07) is 8.53. The summed E-state index contributed by atoms with van der Waals surface area (Å²) in [5.74, 6) is 1.81. The first-order chi connectivity index (χ1) is 10.3. The molecule has 21 heavy (non-hydrogen) atoms. The largest absolute Gasteiger partial charge is 0.493 e. The first-order valence-electron chi connectivity index (χ1n) is 7.32. The van der Waals surface area contributed by atoms with Gasteiger partial charge in [0.05, 0.1) is 25.5 Å². The van der Waals surface area contributed by atoms with Gasteiger partial charge >= 0.3 is 0 Å². The van der Waals surface area contributed by atoms with Gasteiger partial charge in [-0.15, -0.1) is 0 Å². The van der Waals surface area contributed by atoms with Crippen molar-refractivity contribution in [2.75, 3.05) is 20.3 Å². The third-order valence-corrected chi connectivity index (χ3v) is 3.71. The molecule has 1 aliphatic rings. The fraction of sp³-hybridized carbons (Fsp3) is 0.353. The second-order valence-electron chi connectivity index (χ2n) is 5.07. The van der Waals surface area contributed by atoms with Gasteiger partial charge in [-0.2, -0.15) is 0 Å². The number of aromatic nitrogens is 1. The Hall–Kier alpha value is -2.07. The minimum atomic E-state index is 0.101. The van der Waals surface area contributed by atoms with Gasteiger partial charge in [-0.1, -0.05) is 12.1 Å². The number of rotatable bonds is 5. The van der Waals surface area contributed by atoms with Gasteiger partial charge < -0.3 is 14.8 Å². The zero-order valence-electron chi connectivity index (χ0n) is 12.4. The minimum absolute atomic E-state index is 0.101. The van der Waals surface area contributed by atoms with Crippen LogP contribution in [0.1, 0.15) is 29.7 Å². The van der Waals surface area contributed by atoms with Crippen LogP contribution in [0, 0.1) is 0 Å². The maximum Gasteiger partial charge on any atom is 0.137 e. The molecule has 1 unspecified atom stereocenters. The molecule has 0 fully saturated rings. The van der Waals surface area contributed by atoms with E-state index in [1.165, 1.54) is 11.1 Å². The molecule has 0 amide bonds. The predicted octanol–water partition coefficient (Wildman–Crippen LogP) is 2.72. The molecule has 4 heteroatoms. The molecule has 0 bridgehead atoms. The Labute approximate surface area is 125 Å². The van der Waals surface area contributed by atoms with Gasteiger partial charge in [-0.05, 0) is 42.8 Å². The quantitative estimate of drug-likeness (QED) is 0.917. The first kappa shape index (κ1) is 13.9. The van der Waals surface area contributed by atoms with Gasteiger partial charge in [-0.3, -0.25) is 4.98 Å². The lowest BCUT2D eigenvalue weighted by molar-refractivity contribution is 0.338. The number of ether oxygens (including phenoxy) is 2. The predicted molar refractivity (Wildman–Crippen MR) is 81.9 cm³/mol. The highest BCUT2D eigenvalue weighted by atomic mass is 16.5. The van der Waals surface area contributed by atoms with Crippen molar-refractivity contribution in [2.45, 2.75) is 19.4 Å². The molecular formula is C17H20N2O2. The van der Waals surface area contributed by atoms with E-state index in [4.69, 9.17) is 9.47 Å². The topological polar surface area (TPSA) is 43.4 Å². The summed E-state index contributed by atoms with van der Waals surface area (Å²) in [6.45, 7) is 3.40. The van der Waals surface area contributed by atoms with Crippen LogP contribution in [0.3, 0.4) is 0 Å². The summed E-state index contributed by atoms with van der Waals surface area (Å²) in [5.41, 5.74) is 3.60. The number of hydrogen-bond acceptors (Lipinski definition) is 4. The van der Waals surface area contributed by atoms with Gasteiger partial charge in [0.25, 0.3) is 0 Å². The van der Waals surface area contributed by atoms with E-state index < -0.39 is 0 Å². The molecule has 0 spiro atoms. The molecule has 1 atom stereocenters. The molecule has 2 aromatic rings. The Balaban J connectivity index is 1.92. The van der Waals surface area contributed by atoms with E-state index in [0.717, 1.165) is 30.1 Å². The Morgan fingerprint density at radius 3 is 3.00 bits per heavy atom. The summed E-state index contributed by atoms with van der Waals surface area (Å²) in [5, 5.41) is 3.36. The summed E-state index contributed by atoms with van der Waals surface area (Å²) in [7, 11) is 1.96. The van der Waals surface area contributed by atoms with Crippen molar-refractivity contribution in [1.82, 2.24) is 10.3 Å². The third kappa shape index (κ3) is 2.85. The lowest BCUT2D eigenvalue weighted by Gasteiger charge is -2.18. The molecule has 0 aliphatic carbocycles. The molecule has 4 nitrogen and oxygen atoms in total. The average molecular weight is 284 g/mol. The van der Waals surface area contributed by atoms with Gasteiger partial charge in [0, 0.05) is 12.6 Å². The standard InChI is InChI=1S/C17H20N2O2/c1-3-20-15-9-14(10-19-11-15)17(18-2)13-4-5-16-12(8-13)6-7-21-16/h4-5,8-11,17-18H,3,6-7H2,1-2H3. The molecule has 110 valence electrons. The number of benzene rings is 1. The summed E-state index contributed by atoms with van der Waals surface area (Å²) < 4.78 is 11.1. The van der Waals surface area contributed by atoms with E-state index in [9.17, 15) is 0 Å². The van der Waals surface area contributed by atoms with Gasteiger partial charge in [0.1, 0.15) is 11.5 Å². The van der Waals surface area contributed by atoms with Crippen LogP contribution in [0.25, 0.3) is 0 Å². The highest BCUT2D eigenvalue weighted by molar-refractivity contribution is 5.43. The van der Waals surface area contributed by atoms with Crippen molar-refractivity contribution in [3.05, 3.63) is 53.3 Å². The van der Waals surface area contributed by atoms with E-state index in [0.29, 0.717) is 6.61 Å². The smallest absolute Gasteiger partial charge is 0.137 e. The second-order valence-corrected chi connectivity index (χ2v) is 5.07. The summed E-state index contributed by atoms with van der Waals surface area (Å²) in [6.07, 6.45) is 4.61. The van der Waals surface area contributed by atoms with Crippen molar-refractivity contribution in [3.63, 3.8) is 0 Å². The lowest BCUT2D eigenvalue weighted by atomic mass is 9.97. The molecular weight excluding hydrogens is 264 g/mol. The molecule has 1 N–H and O–H groups in total. The third-order valence-electron chi connectivity index (χ3n) is 3.71. The maximum atomic E-state index is 5.57. The fourth-order valence-electron chi connectivity index (χ4n) is 2.75. The minimum Gasteiger partial charge on any atom is -0.493 e. The lowest BCUT2D eigenvalue weighted by Crippen LogP contribution is -2.18. The zero-order chi connectivity index (χ0) is 14.7. The van der Waals surface area contributed by atoms with Crippen LogP contribution in [0.15, 0.2) is 36.7 Å². The van der Waals surface area contributed by atoms with Crippen LogP contribution >= 0.6 is 0 Å². The van der Waals surface area contributed by atoms with Crippen LogP contribution in [0.2, 0.25) is 0 Å². The molecule has 2 heterocycles. The van der Waals surface area contributed by atoms with Crippen molar-refractivity contribution >= 4 is 0 Å². The molecule has 0 radical (unpaired) electrons. The molecule has 0 saturated heterocycles. The number of pyridine rings is 1. The first-order valence-corrected chi connectivity index (χ1v) is 7.32. The SMILES string of the molecule is CCOc1cncc(C(NC)c2ccc3c(c2)CCO3)c1. The van der Waals surface area contributed by atoms with Crippen LogP contribution in [0.4, 0.5) is 0 Å². The highest BCUT2D eigenvalue weighted by Crippen LogP contribution is 2.31. The number of nitrogens with one attached hydrogen (secondary N) is 1.